The van der Waals surface area contributed by atoms with Gasteiger partial charge in [0.1, 0.15) is 5.66 Å². The third-order valence-electron chi connectivity index (χ3n) is 3.45. The molecule has 5 nitrogen and oxygen atoms in total. The molecule has 1 rings (SSSR count). The highest BCUT2D eigenvalue weighted by Gasteiger charge is 2.21. The molecular weight excluding hydrogens is 314 g/mol. The van der Waals surface area contributed by atoms with Crippen LogP contribution in [0.25, 0.3) is 0 Å². The molecule has 0 saturated carbocycles. The molecule has 25 heavy (non-hydrogen) atoms. The van der Waals surface area contributed by atoms with Gasteiger partial charge in [0.05, 0.1) is 12.1 Å². The molecule has 1 aromatic carbocycles. The minimum atomic E-state index is -0.793. The number of benzene rings is 1. The number of nitrogens with one attached hydrogen (secondary N) is 1. The molecule has 1 amide bonds. The lowest BCUT2D eigenvalue weighted by atomic mass is 9.86. The van der Waals surface area contributed by atoms with Crippen LogP contribution in [0.4, 0.5) is 4.79 Å². The Morgan fingerprint density at radius 1 is 0.960 bits per heavy atom. The van der Waals surface area contributed by atoms with E-state index in [2.05, 4.69) is 60.6 Å². The van der Waals surface area contributed by atoms with Gasteiger partial charge in [-0.05, 0) is 51.2 Å². The van der Waals surface area contributed by atoms with Gasteiger partial charge in [-0.1, -0.05) is 45.0 Å². The number of hydrogen-bond donors (Lipinski definition) is 1. The zero-order valence-corrected chi connectivity index (χ0v) is 16.9. The molecule has 1 N–H and O–H groups in total. The van der Waals surface area contributed by atoms with Crippen molar-refractivity contribution in [3.8, 4) is 0 Å². The van der Waals surface area contributed by atoms with Crippen molar-refractivity contribution in [1.82, 2.24) is 5.32 Å². The monoisotopic (exact) mass is 347 g/mol. The molecule has 0 bridgehead atoms. The number of rotatable bonds is 5. The van der Waals surface area contributed by atoms with Crippen molar-refractivity contribution in [3.63, 3.8) is 0 Å². The summed E-state index contributed by atoms with van der Waals surface area (Å²) in [5.74, 6) is 0. The van der Waals surface area contributed by atoms with E-state index in [-0.39, 0.29) is 11.0 Å². The Hall–Kier alpha value is -1.91. The van der Waals surface area contributed by atoms with Crippen molar-refractivity contribution in [2.24, 2.45) is 10.2 Å². The third kappa shape index (κ3) is 8.66. The molecule has 0 radical (unpaired) electrons. The van der Waals surface area contributed by atoms with Gasteiger partial charge in [-0.3, -0.25) is 5.32 Å². The van der Waals surface area contributed by atoms with E-state index in [1.807, 2.05) is 20.8 Å². The Labute approximate surface area is 152 Å². The van der Waals surface area contributed by atoms with Crippen molar-refractivity contribution in [2.45, 2.75) is 78.4 Å². The highest BCUT2D eigenvalue weighted by Crippen LogP contribution is 2.22. The van der Waals surface area contributed by atoms with Gasteiger partial charge in [-0.15, -0.1) is 0 Å². The van der Waals surface area contributed by atoms with Gasteiger partial charge >= 0.3 is 6.09 Å². The van der Waals surface area contributed by atoms with Crippen LogP contribution in [0.5, 0.6) is 0 Å². The summed E-state index contributed by atoms with van der Waals surface area (Å²) in [6.45, 7) is 16.3. The molecule has 140 valence electrons. The molecule has 0 heterocycles. The van der Waals surface area contributed by atoms with Crippen molar-refractivity contribution < 1.29 is 9.53 Å². The lowest BCUT2D eigenvalue weighted by Crippen LogP contribution is -2.42. The average Bonchev–Trinajstić information content (AvgIpc) is 2.44. The molecule has 0 atom stereocenters. The van der Waals surface area contributed by atoms with Crippen LogP contribution in [0.3, 0.4) is 0 Å². The Balaban J connectivity index is 2.46. The van der Waals surface area contributed by atoms with E-state index in [1.54, 1.807) is 13.8 Å². The van der Waals surface area contributed by atoms with Gasteiger partial charge < -0.3 is 4.74 Å². The summed E-state index contributed by atoms with van der Waals surface area (Å²) in [7, 11) is 0. The summed E-state index contributed by atoms with van der Waals surface area (Å²) in [4.78, 5) is 11.9. The molecule has 0 aliphatic carbocycles. The minimum Gasteiger partial charge on any atom is -0.449 e. The van der Waals surface area contributed by atoms with Crippen LogP contribution < -0.4 is 5.32 Å². The summed E-state index contributed by atoms with van der Waals surface area (Å²) in [6, 6.07) is 8.43. The Kier molecular flexibility index (Phi) is 6.75. The van der Waals surface area contributed by atoms with Crippen LogP contribution in [-0.4, -0.2) is 23.9 Å². The molecule has 0 aliphatic heterocycles. The second-order valence-electron chi connectivity index (χ2n) is 8.89. The number of azo groups is 1. The first-order valence-corrected chi connectivity index (χ1v) is 8.77. The normalized spacial score (nSPS) is 13.1. The fraction of sp³-hybridized carbons (Fsp3) is 0.650. The number of amides is 1. The highest BCUT2D eigenvalue weighted by molar-refractivity contribution is 5.68. The van der Waals surface area contributed by atoms with E-state index in [4.69, 9.17) is 4.74 Å². The van der Waals surface area contributed by atoms with Crippen molar-refractivity contribution in [1.29, 1.82) is 0 Å². The lowest BCUT2D eigenvalue weighted by molar-refractivity contribution is 0.136. The van der Waals surface area contributed by atoms with Crippen molar-refractivity contribution in [3.05, 3.63) is 35.4 Å². The van der Waals surface area contributed by atoms with Crippen LogP contribution in [0.15, 0.2) is 34.5 Å². The Morgan fingerprint density at radius 3 is 2.00 bits per heavy atom. The molecule has 5 heteroatoms. The Morgan fingerprint density at radius 2 is 1.52 bits per heavy atom. The maximum Gasteiger partial charge on any atom is 0.409 e. The summed E-state index contributed by atoms with van der Waals surface area (Å²) < 4.78 is 5.26. The highest BCUT2D eigenvalue weighted by atomic mass is 16.5. The van der Waals surface area contributed by atoms with E-state index >= 15 is 0 Å². The fourth-order valence-corrected chi connectivity index (χ4v) is 2.02. The van der Waals surface area contributed by atoms with Gasteiger partial charge in [0.15, 0.2) is 0 Å². The predicted molar refractivity (Wildman–Crippen MR) is 102 cm³/mol. The number of carbonyl (C=O) groups excluding carboxylic acids is 1. The van der Waals surface area contributed by atoms with Crippen LogP contribution in [-0.2, 0) is 16.6 Å². The smallest absolute Gasteiger partial charge is 0.409 e. The number of alkyl carbamates (subject to hydrolysis) is 1. The zero-order chi connectivity index (χ0) is 19.3. The first-order valence-electron chi connectivity index (χ1n) is 8.77. The second kappa shape index (κ2) is 7.98. The summed E-state index contributed by atoms with van der Waals surface area (Å²) >= 11 is 0. The number of nitrogens with zero attached hydrogens (tertiary/aromatic N) is 2. The standard InChI is InChI=1S/C20H33N3O2/c1-18(2,3)16-11-9-15(10-12-16)13-14-25-17(24)21-20(7,8)23-22-19(4,5)6/h9-12H,13-14H2,1-8H3,(H,21,24)/b23-22+. The van der Waals surface area contributed by atoms with Crippen LogP contribution in [0.2, 0.25) is 0 Å². The molecular formula is C20H33N3O2. The average molecular weight is 348 g/mol. The van der Waals surface area contributed by atoms with Crippen molar-refractivity contribution in [2.75, 3.05) is 6.61 Å². The summed E-state index contributed by atoms with van der Waals surface area (Å²) in [5.41, 5.74) is 1.51. The molecule has 0 saturated heterocycles. The summed E-state index contributed by atoms with van der Waals surface area (Å²) in [5, 5.41) is 11.1. The van der Waals surface area contributed by atoms with Gasteiger partial charge in [0.25, 0.3) is 0 Å². The quantitative estimate of drug-likeness (QED) is 0.740. The molecule has 1 aromatic rings. The number of carbonyl (C=O) groups is 1. The van der Waals surface area contributed by atoms with E-state index < -0.39 is 11.8 Å². The lowest BCUT2D eigenvalue weighted by Gasteiger charge is -2.22. The van der Waals surface area contributed by atoms with Crippen LogP contribution >= 0.6 is 0 Å². The zero-order valence-electron chi connectivity index (χ0n) is 16.9. The fourth-order valence-electron chi connectivity index (χ4n) is 2.02. The first kappa shape index (κ1) is 21.1. The maximum atomic E-state index is 11.9. The van der Waals surface area contributed by atoms with Gasteiger partial charge in [-0.2, -0.15) is 10.2 Å². The number of ether oxygens (including phenoxy) is 1. The van der Waals surface area contributed by atoms with Crippen LogP contribution in [0.1, 0.15) is 66.5 Å². The van der Waals surface area contributed by atoms with Crippen molar-refractivity contribution >= 4 is 6.09 Å². The molecule has 0 aromatic heterocycles. The topological polar surface area (TPSA) is 63.0 Å². The van der Waals surface area contributed by atoms with Gasteiger partial charge in [0, 0.05) is 6.42 Å². The SMILES string of the molecule is CC(C)(C)/N=N/C(C)(C)NC(=O)OCCc1ccc(C(C)(C)C)cc1. The van der Waals surface area contributed by atoms with E-state index in [0.717, 1.165) is 5.56 Å². The molecule has 0 spiro atoms. The van der Waals surface area contributed by atoms with Crippen LogP contribution in [0, 0.1) is 0 Å². The molecule has 0 unspecified atom stereocenters. The minimum absolute atomic E-state index is 0.141. The van der Waals surface area contributed by atoms with E-state index in [0.29, 0.717) is 13.0 Å². The number of hydrogen-bond acceptors (Lipinski definition) is 4. The molecule has 0 fully saturated rings. The maximum absolute atomic E-state index is 11.9. The molecule has 0 aliphatic rings. The predicted octanol–water partition coefficient (Wildman–Crippen LogP) is 5.24. The van der Waals surface area contributed by atoms with Gasteiger partial charge in [-0.25, -0.2) is 4.79 Å². The first-order chi connectivity index (χ1) is 11.3. The van der Waals surface area contributed by atoms with E-state index in [1.165, 1.54) is 5.56 Å². The van der Waals surface area contributed by atoms with Gasteiger partial charge in [0.2, 0.25) is 0 Å². The van der Waals surface area contributed by atoms with E-state index in [9.17, 15) is 4.79 Å². The third-order valence-corrected chi connectivity index (χ3v) is 3.45. The summed E-state index contributed by atoms with van der Waals surface area (Å²) in [6.07, 6.45) is 0.200. The largest absolute Gasteiger partial charge is 0.449 e. The Bertz CT molecular complexity index is 591. The second-order valence-corrected chi connectivity index (χ2v) is 8.89.